The number of allylic oxidation sites excluding steroid dienone is 15. The maximum atomic E-state index is 14.7. The summed E-state index contributed by atoms with van der Waals surface area (Å²) in [6.45, 7) is 18.6. The molecule has 0 saturated carbocycles. The van der Waals surface area contributed by atoms with Crippen LogP contribution in [0.15, 0.2) is 123 Å². The molecule has 1 aliphatic rings. The van der Waals surface area contributed by atoms with Crippen LogP contribution in [0.2, 0.25) is 0 Å². The summed E-state index contributed by atoms with van der Waals surface area (Å²) in [5.74, 6) is -1.46. The van der Waals surface area contributed by atoms with E-state index in [0.717, 1.165) is 60.8 Å². The van der Waals surface area contributed by atoms with E-state index in [0.29, 0.717) is 0 Å². The van der Waals surface area contributed by atoms with Crippen LogP contribution >= 0.6 is 0 Å². The highest BCUT2D eigenvalue weighted by Gasteiger charge is 2.50. The molecule has 0 unspecified atom stereocenters. The number of hydrogen-bond donors (Lipinski definition) is 2. The normalized spacial score (nSPS) is 17.4. The molecule has 0 amide bonds. The third-order valence-corrected chi connectivity index (χ3v) is 8.94. The van der Waals surface area contributed by atoms with Crippen LogP contribution in [0.5, 0.6) is 0 Å². The highest BCUT2D eigenvalue weighted by atomic mass is 16.3. The molecule has 0 fully saturated rings. The molecule has 0 atom stereocenters. The zero-order valence-corrected chi connectivity index (χ0v) is 31.1. The van der Waals surface area contributed by atoms with E-state index in [-0.39, 0.29) is 42.6 Å². The predicted octanol–water partition coefficient (Wildman–Crippen LogP) is 12.2. The number of Topliss-reactive ketones (excluding diaryl/α,β-unsaturated/α-hetero) is 2. The second-order valence-corrected chi connectivity index (χ2v) is 14.3. The second-order valence-electron chi connectivity index (χ2n) is 14.3. The Balaban J connectivity index is 2.71. The van der Waals surface area contributed by atoms with Gasteiger partial charge in [-0.3, -0.25) is 9.59 Å². The maximum absolute atomic E-state index is 14.7. The fourth-order valence-electron chi connectivity index (χ4n) is 5.83. The van der Waals surface area contributed by atoms with E-state index in [1.54, 1.807) is 0 Å². The first kappa shape index (κ1) is 40.3. The highest BCUT2D eigenvalue weighted by molar-refractivity contribution is 6.24. The molecule has 0 aliphatic heterocycles. The van der Waals surface area contributed by atoms with Crippen molar-refractivity contribution in [3.63, 3.8) is 0 Å². The van der Waals surface area contributed by atoms with E-state index in [9.17, 15) is 19.8 Å². The Kier molecular flexibility index (Phi) is 16.6. The first-order chi connectivity index (χ1) is 22.7. The van der Waals surface area contributed by atoms with Crippen LogP contribution in [-0.2, 0) is 16.0 Å². The quantitative estimate of drug-likeness (QED) is 0.122. The summed E-state index contributed by atoms with van der Waals surface area (Å²) in [5, 5.41) is 23.8. The Morgan fingerprint density at radius 2 is 1.08 bits per heavy atom. The largest absolute Gasteiger partial charge is 0.511 e. The average molecular weight is 653 g/mol. The van der Waals surface area contributed by atoms with Crippen molar-refractivity contribution in [3.05, 3.63) is 128 Å². The standard InChI is InChI=1S/C44H60O4/c1-31(2)16-13-19-34(7)24-25-38-41(46)40(39(45)30-37-22-11-10-12-23-37)43(48)44(42(38)47,28-26-35(8)20-14-17-32(3)4)29-27-36(9)21-15-18-33(5)6/h10-12,16-18,22-24,26-27,46-47H,13-15,19-21,25,28-30H2,1-9H3. The Morgan fingerprint density at radius 3 is 1.52 bits per heavy atom. The molecule has 0 spiro atoms. The van der Waals surface area contributed by atoms with E-state index < -0.39 is 22.7 Å². The van der Waals surface area contributed by atoms with Gasteiger partial charge in [-0.15, -0.1) is 0 Å². The van der Waals surface area contributed by atoms with Gasteiger partial charge in [-0.25, -0.2) is 0 Å². The summed E-state index contributed by atoms with van der Waals surface area (Å²) in [6.07, 6.45) is 18.5. The van der Waals surface area contributed by atoms with Gasteiger partial charge >= 0.3 is 0 Å². The summed E-state index contributed by atoms with van der Waals surface area (Å²) >= 11 is 0. The van der Waals surface area contributed by atoms with Crippen molar-refractivity contribution < 1.29 is 19.8 Å². The lowest BCUT2D eigenvalue weighted by Gasteiger charge is -2.36. The van der Waals surface area contributed by atoms with Crippen molar-refractivity contribution in [3.8, 4) is 0 Å². The van der Waals surface area contributed by atoms with Crippen LogP contribution in [0, 0.1) is 5.41 Å². The summed E-state index contributed by atoms with van der Waals surface area (Å²) in [7, 11) is 0. The molecule has 260 valence electrons. The van der Waals surface area contributed by atoms with E-state index in [2.05, 4.69) is 73.6 Å². The van der Waals surface area contributed by atoms with Gasteiger partial charge < -0.3 is 10.2 Å². The number of aliphatic hydroxyl groups excluding tert-OH is 2. The molecule has 0 radical (unpaired) electrons. The minimum Gasteiger partial charge on any atom is -0.511 e. The van der Waals surface area contributed by atoms with Gasteiger partial charge in [-0.1, -0.05) is 100 Å². The molecule has 4 nitrogen and oxygen atoms in total. The third-order valence-electron chi connectivity index (χ3n) is 8.94. The molecule has 48 heavy (non-hydrogen) atoms. The Hall–Kier alpha value is -3.92. The second kappa shape index (κ2) is 19.8. The van der Waals surface area contributed by atoms with Gasteiger partial charge in [-0.05, 0) is 126 Å². The first-order valence-corrected chi connectivity index (χ1v) is 17.5. The molecule has 0 saturated heterocycles. The topological polar surface area (TPSA) is 74.6 Å². The number of carbonyl (C=O) groups excluding carboxylic acids is 2. The molecule has 0 heterocycles. The van der Waals surface area contributed by atoms with Gasteiger partial charge in [0.15, 0.2) is 11.6 Å². The van der Waals surface area contributed by atoms with E-state index >= 15 is 0 Å². The summed E-state index contributed by atoms with van der Waals surface area (Å²) in [5.41, 5.74) is 6.55. The van der Waals surface area contributed by atoms with Crippen LogP contribution < -0.4 is 0 Å². The summed E-state index contributed by atoms with van der Waals surface area (Å²) in [6, 6.07) is 9.29. The minimum atomic E-state index is -1.40. The first-order valence-electron chi connectivity index (χ1n) is 17.5. The molecule has 1 aromatic carbocycles. The monoisotopic (exact) mass is 652 g/mol. The summed E-state index contributed by atoms with van der Waals surface area (Å²) < 4.78 is 0. The predicted molar refractivity (Wildman–Crippen MR) is 203 cm³/mol. The van der Waals surface area contributed by atoms with Crippen molar-refractivity contribution in [1.82, 2.24) is 0 Å². The van der Waals surface area contributed by atoms with Crippen LogP contribution in [-0.4, -0.2) is 21.8 Å². The van der Waals surface area contributed by atoms with Gasteiger partial charge in [0.25, 0.3) is 0 Å². The number of hydrogen-bond acceptors (Lipinski definition) is 4. The molecule has 4 heteroatoms. The van der Waals surface area contributed by atoms with Crippen molar-refractivity contribution >= 4 is 11.6 Å². The van der Waals surface area contributed by atoms with Crippen LogP contribution in [0.25, 0.3) is 0 Å². The number of aliphatic hydroxyl groups is 2. The Bertz CT molecular complexity index is 1480. The fraction of sp³-hybridized carbons (Fsp3) is 0.455. The number of carbonyl (C=O) groups is 2. The number of benzene rings is 1. The van der Waals surface area contributed by atoms with Gasteiger partial charge in [-0.2, -0.15) is 0 Å². The van der Waals surface area contributed by atoms with Crippen LogP contribution in [0.4, 0.5) is 0 Å². The lowest BCUT2D eigenvalue weighted by Crippen LogP contribution is -2.41. The van der Waals surface area contributed by atoms with E-state index in [4.69, 9.17) is 0 Å². The Labute approximate surface area is 291 Å². The SMILES string of the molecule is CC(C)=CCCC(C)=CCC1=C(O)C(CC=C(C)CCC=C(C)C)(CC=C(C)CCC=C(C)C)C(=O)C(C(=O)Cc2ccccc2)=C1O. The van der Waals surface area contributed by atoms with E-state index in [1.165, 1.54) is 16.7 Å². The van der Waals surface area contributed by atoms with Crippen molar-refractivity contribution in [2.45, 2.75) is 127 Å². The highest BCUT2D eigenvalue weighted by Crippen LogP contribution is 2.47. The molecule has 1 aromatic rings. The van der Waals surface area contributed by atoms with Gasteiger partial charge in [0, 0.05) is 12.0 Å². The van der Waals surface area contributed by atoms with Crippen molar-refractivity contribution in [2.24, 2.45) is 5.41 Å². The maximum Gasteiger partial charge on any atom is 0.184 e. The lowest BCUT2D eigenvalue weighted by molar-refractivity contribution is -0.128. The lowest BCUT2D eigenvalue weighted by atomic mass is 9.66. The molecule has 0 aromatic heterocycles. The van der Waals surface area contributed by atoms with Gasteiger partial charge in [0.2, 0.25) is 0 Å². The van der Waals surface area contributed by atoms with Gasteiger partial charge in [0.05, 0.1) is 5.41 Å². The average Bonchev–Trinajstić information content (AvgIpc) is 3.00. The van der Waals surface area contributed by atoms with E-state index in [1.807, 2.05) is 55.5 Å². The zero-order chi connectivity index (χ0) is 35.9. The number of rotatable bonds is 18. The fourth-order valence-corrected chi connectivity index (χ4v) is 5.83. The van der Waals surface area contributed by atoms with Gasteiger partial charge in [0.1, 0.15) is 17.1 Å². The minimum absolute atomic E-state index is 0.0111. The smallest absolute Gasteiger partial charge is 0.184 e. The zero-order valence-electron chi connectivity index (χ0n) is 31.1. The van der Waals surface area contributed by atoms with Crippen molar-refractivity contribution in [2.75, 3.05) is 0 Å². The molecule has 1 aliphatic carbocycles. The van der Waals surface area contributed by atoms with Crippen LogP contribution in [0.3, 0.4) is 0 Å². The molecule has 2 rings (SSSR count). The third kappa shape index (κ3) is 12.6. The Morgan fingerprint density at radius 1 is 0.646 bits per heavy atom. The molecule has 2 N–H and O–H groups in total. The number of ketones is 2. The molecule has 0 bridgehead atoms. The van der Waals surface area contributed by atoms with Crippen LogP contribution in [0.1, 0.15) is 126 Å². The molecular formula is C44H60O4. The molecular weight excluding hydrogens is 592 g/mol. The summed E-state index contributed by atoms with van der Waals surface area (Å²) in [4.78, 5) is 28.6. The van der Waals surface area contributed by atoms with Crippen molar-refractivity contribution in [1.29, 1.82) is 0 Å².